The molecular weight excluding hydrogens is 655 g/mol. The molecule has 6 N–H and O–H groups in total. The number of ether oxygens (including phenoxy) is 2. The van der Waals surface area contributed by atoms with Crippen molar-refractivity contribution < 1.29 is 29.0 Å². The van der Waals surface area contributed by atoms with E-state index in [1.54, 1.807) is 30.3 Å². The number of thioether (sulfide) groups is 1. The number of amides is 3. The Hall–Kier alpha value is -5.59. The molecule has 12 heteroatoms. The molecule has 3 amide bonds. The summed E-state index contributed by atoms with van der Waals surface area (Å²) in [6.07, 6.45) is 2.44. The number of primary amides is 1. The lowest BCUT2D eigenvalue weighted by atomic mass is 9.99. The Morgan fingerprint density at radius 1 is 0.940 bits per heavy atom. The number of amidine groups is 1. The summed E-state index contributed by atoms with van der Waals surface area (Å²) in [6, 6.07) is 27.8. The van der Waals surface area contributed by atoms with Crippen LogP contribution in [0.2, 0.25) is 0 Å². The minimum Gasteiger partial charge on any atom is -0.502 e. The van der Waals surface area contributed by atoms with Gasteiger partial charge in [0.2, 0.25) is 17.6 Å². The van der Waals surface area contributed by atoms with Crippen molar-refractivity contribution in [2.24, 2.45) is 16.5 Å². The second-order valence-corrected chi connectivity index (χ2v) is 12.5. The second-order valence-electron chi connectivity index (χ2n) is 11.5. The number of aliphatic imine (C=N–C) groups is 1. The number of hydrogen-bond donors (Lipinski definition) is 4. The fourth-order valence-corrected chi connectivity index (χ4v) is 6.50. The first-order valence-electron chi connectivity index (χ1n) is 16.0. The lowest BCUT2D eigenvalue weighted by molar-refractivity contribution is -0.134. The molecule has 0 aromatic heterocycles. The smallest absolute Gasteiger partial charge is 0.267 e. The van der Waals surface area contributed by atoms with E-state index >= 15 is 0 Å². The number of aromatic hydroxyl groups is 1. The first-order valence-corrected chi connectivity index (χ1v) is 16.8. The van der Waals surface area contributed by atoms with E-state index in [0.29, 0.717) is 24.2 Å². The maximum absolute atomic E-state index is 14.4. The summed E-state index contributed by atoms with van der Waals surface area (Å²) in [7, 11) is 2.82. The standard InChI is InChI=1S/C38H39N5O6S/c1-48-31-21-25(22-32(49-2)34(31)44)23-33-37(47)43(38(50-33)41-28-12-7-4-8-13-28)30(36(46)42-29(35(40)45)14-9-19-39)20-24-15-17-27(18-16-24)26-10-5-3-6-11-26/h3-8,10-13,15-18,21-23,29-30,44H,9,14,19-20,39H2,1-2H3,(H2,40,45)(H,42,46)/b33-23-,41-38?/t29-,30+/m0/s1. The van der Waals surface area contributed by atoms with Gasteiger partial charge in [0.05, 0.1) is 24.8 Å². The molecule has 0 unspecified atom stereocenters. The molecule has 4 aromatic rings. The topological polar surface area (TPSA) is 170 Å². The van der Waals surface area contributed by atoms with E-state index in [0.717, 1.165) is 28.5 Å². The number of carbonyl (C=O) groups is 3. The summed E-state index contributed by atoms with van der Waals surface area (Å²) in [5.41, 5.74) is 15.3. The molecule has 1 aliphatic rings. The quantitative estimate of drug-likeness (QED) is 0.134. The van der Waals surface area contributed by atoms with Crippen LogP contribution in [-0.4, -0.2) is 65.7 Å². The summed E-state index contributed by atoms with van der Waals surface area (Å²) < 4.78 is 10.6. The van der Waals surface area contributed by atoms with Crippen LogP contribution in [0, 0.1) is 0 Å². The highest BCUT2D eigenvalue weighted by molar-refractivity contribution is 8.18. The lowest BCUT2D eigenvalue weighted by Gasteiger charge is -2.28. The van der Waals surface area contributed by atoms with E-state index in [9.17, 15) is 19.5 Å². The maximum atomic E-state index is 14.4. The second kappa shape index (κ2) is 16.7. The fraction of sp³-hybridized carbons (Fsp3) is 0.211. The van der Waals surface area contributed by atoms with Gasteiger partial charge >= 0.3 is 0 Å². The van der Waals surface area contributed by atoms with Gasteiger partial charge in [-0.15, -0.1) is 0 Å². The number of methoxy groups -OCH3 is 2. The van der Waals surface area contributed by atoms with Crippen LogP contribution in [-0.2, 0) is 20.8 Å². The average Bonchev–Trinajstić information content (AvgIpc) is 3.43. The molecule has 11 nitrogen and oxygen atoms in total. The van der Waals surface area contributed by atoms with Crippen molar-refractivity contribution in [3.63, 3.8) is 0 Å². The number of nitrogens with two attached hydrogens (primary N) is 2. The Labute approximate surface area is 295 Å². The molecule has 1 aliphatic heterocycles. The maximum Gasteiger partial charge on any atom is 0.267 e. The first kappa shape index (κ1) is 35.7. The Kier molecular flexibility index (Phi) is 11.9. The molecule has 0 aliphatic carbocycles. The number of phenols is 1. The van der Waals surface area contributed by atoms with Crippen molar-refractivity contribution in [1.29, 1.82) is 0 Å². The first-order chi connectivity index (χ1) is 24.2. The fourth-order valence-electron chi connectivity index (χ4n) is 5.46. The summed E-state index contributed by atoms with van der Waals surface area (Å²) in [5, 5.41) is 13.5. The number of hydrogen-bond acceptors (Lipinski definition) is 9. The number of phenolic OH excluding ortho intramolecular Hbond substituents is 1. The van der Waals surface area contributed by atoms with Gasteiger partial charge in [-0.3, -0.25) is 19.3 Å². The van der Waals surface area contributed by atoms with E-state index in [-0.39, 0.29) is 40.2 Å². The zero-order chi connectivity index (χ0) is 35.6. The molecule has 50 heavy (non-hydrogen) atoms. The van der Waals surface area contributed by atoms with Gasteiger partial charge in [0.1, 0.15) is 12.1 Å². The molecule has 258 valence electrons. The van der Waals surface area contributed by atoms with Crippen molar-refractivity contribution >= 4 is 46.4 Å². The van der Waals surface area contributed by atoms with Crippen LogP contribution in [0.15, 0.2) is 107 Å². The van der Waals surface area contributed by atoms with Crippen LogP contribution in [0.3, 0.4) is 0 Å². The molecule has 2 atom stereocenters. The Bertz CT molecular complexity index is 1860. The monoisotopic (exact) mass is 693 g/mol. The number of carbonyl (C=O) groups excluding carboxylic acids is 3. The van der Waals surface area contributed by atoms with E-state index in [4.69, 9.17) is 25.9 Å². The van der Waals surface area contributed by atoms with Gasteiger partial charge in [0.25, 0.3) is 5.91 Å². The molecule has 0 spiro atoms. The number of benzene rings is 4. The normalized spacial score (nSPS) is 15.6. The number of nitrogens with zero attached hydrogens (tertiary/aromatic N) is 2. The highest BCUT2D eigenvalue weighted by Crippen LogP contribution is 2.40. The molecule has 1 fully saturated rings. The molecule has 0 saturated carbocycles. The highest BCUT2D eigenvalue weighted by Gasteiger charge is 2.42. The predicted octanol–water partition coefficient (Wildman–Crippen LogP) is 5.00. The van der Waals surface area contributed by atoms with Crippen molar-refractivity contribution in [3.8, 4) is 28.4 Å². The minimum absolute atomic E-state index is 0.109. The van der Waals surface area contributed by atoms with Crippen molar-refractivity contribution in [3.05, 3.63) is 113 Å². The van der Waals surface area contributed by atoms with Gasteiger partial charge in [-0.25, -0.2) is 4.99 Å². The third-order valence-corrected chi connectivity index (χ3v) is 9.06. The molecule has 1 heterocycles. The van der Waals surface area contributed by atoms with E-state index in [2.05, 4.69) is 5.32 Å². The van der Waals surface area contributed by atoms with Crippen molar-refractivity contribution in [2.45, 2.75) is 31.3 Å². The zero-order valence-corrected chi connectivity index (χ0v) is 28.6. The van der Waals surface area contributed by atoms with Crippen LogP contribution < -0.4 is 26.3 Å². The van der Waals surface area contributed by atoms with Gasteiger partial charge < -0.3 is 31.4 Å². The largest absolute Gasteiger partial charge is 0.502 e. The van der Waals surface area contributed by atoms with Gasteiger partial charge in [-0.1, -0.05) is 72.8 Å². The Balaban J connectivity index is 1.58. The van der Waals surface area contributed by atoms with Crippen LogP contribution in [0.25, 0.3) is 17.2 Å². The third-order valence-electron chi connectivity index (χ3n) is 8.08. The Morgan fingerprint density at radius 2 is 1.54 bits per heavy atom. The minimum atomic E-state index is -1.12. The summed E-state index contributed by atoms with van der Waals surface area (Å²) in [4.78, 5) is 47.4. The highest BCUT2D eigenvalue weighted by atomic mass is 32.2. The summed E-state index contributed by atoms with van der Waals surface area (Å²) in [6.45, 7) is 0.312. The van der Waals surface area contributed by atoms with Crippen LogP contribution in [0.1, 0.15) is 24.0 Å². The number of rotatable bonds is 14. The van der Waals surface area contributed by atoms with Gasteiger partial charge in [0.15, 0.2) is 16.7 Å². The molecule has 0 radical (unpaired) electrons. The summed E-state index contributed by atoms with van der Waals surface area (Å²) in [5.74, 6) is -1.60. The summed E-state index contributed by atoms with van der Waals surface area (Å²) >= 11 is 1.10. The molecule has 1 saturated heterocycles. The van der Waals surface area contributed by atoms with E-state index in [1.807, 2.05) is 72.8 Å². The van der Waals surface area contributed by atoms with E-state index < -0.39 is 29.8 Å². The van der Waals surface area contributed by atoms with Crippen LogP contribution in [0.5, 0.6) is 17.2 Å². The lowest BCUT2D eigenvalue weighted by Crippen LogP contribution is -2.55. The van der Waals surface area contributed by atoms with Crippen LogP contribution in [0.4, 0.5) is 5.69 Å². The average molecular weight is 694 g/mol. The van der Waals surface area contributed by atoms with Gasteiger partial charge in [-0.05, 0) is 83.7 Å². The van der Waals surface area contributed by atoms with Crippen molar-refractivity contribution in [2.75, 3.05) is 20.8 Å². The SMILES string of the molecule is COc1cc(/C=C2\SC(=Nc3ccccc3)N([C@H](Cc3ccc(-c4ccccc4)cc3)C(=O)N[C@@H](CCCN)C(N)=O)C2=O)cc(OC)c1O. The van der Waals surface area contributed by atoms with E-state index in [1.165, 1.54) is 19.1 Å². The van der Waals surface area contributed by atoms with Crippen molar-refractivity contribution in [1.82, 2.24) is 10.2 Å². The van der Waals surface area contributed by atoms with Gasteiger partial charge in [0, 0.05) is 6.42 Å². The molecular formula is C38H39N5O6S. The number of nitrogens with one attached hydrogen (secondary N) is 1. The molecule has 5 rings (SSSR count). The van der Waals surface area contributed by atoms with Gasteiger partial charge in [-0.2, -0.15) is 0 Å². The zero-order valence-electron chi connectivity index (χ0n) is 27.7. The number of para-hydroxylation sites is 1. The predicted molar refractivity (Wildman–Crippen MR) is 196 cm³/mol. The molecule has 4 aromatic carbocycles. The van der Waals surface area contributed by atoms with Crippen LogP contribution >= 0.6 is 11.8 Å². The Morgan fingerprint density at radius 3 is 2.12 bits per heavy atom. The third kappa shape index (κ3) is 8.52. The molecule has 0 bridgehead atoms.